The summed E-state index contributed by atoms with van der Waals surface area (Å²) >= 11 is 4.54. The molecule has 0 unspecified atom stereocenters. The fourth-order valence-electron chi connectivity index (χ4n) is 0.521. The Bertz CT molecular complexity index is 295. The monoisotopic (exact) mass is 214 g/mol. The van der Waals surface area contributed by atoms with Crippen molar-refractivity contribution in [2.45, 2.75) is 0 Å². The van der Waals surface area contributed by atoms with E-state index in [2.05, 4.69) is 15.9 Å². The Morgan fingerprint density at radius 1 is 1.80 bits per heavy atom. The van der Waals surface area contributed by atoms with Crippen molar-refractivity contribution in [3.05, 3.63) is 20.8 Å². The number of Topliss-reactive ketones (excluding diaryl/α,β-unsaturated/α-hetero) is 1. The van der Waals surface area contributed by atoms with Crippen molar-refractivity contribution in [1.29, 1.82) is 0 Å². The van der Waals surface area contributed by atoms with Crippen LogP contribution in [0.1, 0.15) is 9.67 Å². The number of ketones is 1. The maximum absolute atomic E-state index is 10.8. The van der Waals surface area contributed by atoms with Crippen molar-refractivity contribution >= 4 is 33.0 Å². The molecule has 0 radical (unpaired) electrons. The molecule has 0 fully saturated rings. The molecule has 1 aromatic rings. The lowest BCUT2D eigenvalue weighted by Gasteiger charge is -1.85. The van der Waals surface area contributed by atoms with Crippen LogP contribution in [0.5, 0.6) is 0 Å². The first kappa shape index (κ1) is 7.52. The Morgan fingerprint density at radius 2 is 2.50 bits per heavy atom. The van der Waals surface area contributed by atoms with Crippen molar-refractivity contribution < 1.29 is 4.79 Å². The maximum Gasteiger partial charge on any atom is 0.246 e. The van der Waals surface area contributed by atoms with Crippen LogP contribution in [-0.2, 0) is 0 Å². The van der Waals surface area contributed by atoms with Gasteiger partial charge in [0.2, 0.25) is 5.78 Å². The highest BCUT2D eigenvalue weighted by atomic mass is 79.9. The van der Waals surface area contributed by atoms with Gasteiger partial charge >= 0.3 is 0 Å². The topological polar surface area (TPSA) is 17.1 Å². The van der Waals surface area contributed by atoms with Crippen LogP contribution < -0.4 is 0 Å². The third-order valence-electron chi connectivity index (χ3n) is 0.955. The predicted octanol–water partition coefficient (Wildman–Crippen LogP) is 2.33. The summed E-state index contributed by atoms with van der Waals surface area (Å²) in [6, 6.07) is 1.80. The molecule has 0 saturated heterocycles. The fraction of sp³-hybridized carbons (Fsp3) is 0. The third kappa shape index (κ3) is 1.28. The molecule has 1 nitrogen and oxygen atoms in total. The van der Waals surface area contributed by atoms with E-state index < -0.39 is 0 Å². The summed E-state index contributed by atoms with van der Waals surface area (Å²) in [6.45, 7) is 0. The number of hydrogen-bond acceptors (Lipinski definition) is 2. The van der Waals surface area contributed by atoms with Crippen LogP contribution in [0.25, 0.3) is 0 Å². The number of terminal acetylenes is 1. The molecule has 1 heterocycles. The number of carbonyl (C=O) groups excluding carboxylic acids is 1. The Morgan fingerprint density at radius 3 is 2.90 bits per heavy atom. The zero-order valence-corrected chi connectivity index (χ0v) is 7.33. The first-order valence-electron chi connectivity index (χ1n) is 2.49. The molecule has 0 aromatic carbocycles. The van der Waals surface area contributed by atoms with Gasteiger partial charge in [0, 0.05) is 4.47 Å². The van der Waals surface area contributed by atoms with Gasteiger partial charge in [0.1, 0.15) is 0 Å². The normalized spacial score (nSPS) is 8.80. The summed E-state index contributed by atoms with van der Waals surface area (Å²) < 4.78 is 0.778. The number of hydrogen-bond donors (Lipinski definition) is 0. The smallest absolute Gasteiger partial charge is 0.246 e. The van der Waals surface area contributed by atoms with Crippen LogP contribution in [-0.4, -0.2) is 5.78 Å². The van der Waals surface area contributed by atoms with Crippen molar-refractivity contribution in [2.75, 3.05) is 0 Å². The molecule has 0 atom stereocenters. The van der Waals surface area contributed by atoms with Crippen LogP contribution in [0.4, 0.5) is 0 Å². The van der Waals surface area contributed by atoms with Gasteiger partial charge in [-0.15, -0.1) is 17.8 Å². The predicted molar refractivity (Wildman–Crippen MR) is 45.2 cm³/mol. The van der Waals surface area contributed by atoms with Crippen LogP contribution in [0.3, 0.4) is 0 Å². The molecular formula is C7H3BrOS. The number of rotatable bonds is 1. The van der Waals surface area contributed by atoms with Crippen LogP contribution in [0.2, 0.25) is 0 Å². The fourth-order valence-corrected chi connectivity index (χ4v) is 1.98. The Balaban J connectivity index is 3.08. The van der Waals surface area contributed by atoms with Gasteiger partial charge in [-0.1, -0.05) is 0 Å². The van der Waals surface area contributed by atoms with Crippen molar-refractivity contribution in [2.24, 2.45) is 0 Å². The highest BCUT2D eigenvalue weighted by molar-refractivity contribution is 9.10. The third-order valence-corrected chi connectivity index (χ3v) is 2.79. The minimum atomic E-state index is -0.262. The standard InChI is InChI=1S/C7H3BrOS/c1-2-6(9)7-5(8)3-4-10-7/h1,3-4H. The second kappa shape index (κ2) is 3.00. The van der Waals surface area contributed by atoms with E-state index in [0.29, 0.717) is 4.88 Å². The zero-order valence-electron chi connectivity index (χ0n) is 4.93. The molecule has 0 aliphatic rings. The lowest BCUT2D eigenvalue weighted by atomic mass is 10.3. The molecule has 0 aliphatic heterocycles. The Kier molecular flexibility index (Phi) is 2.25. The van der Waals surface area contributed by atoms with E-state index in [0.717, 1.165) is 4.47 Å². The average molecular weight is 215 g/mol. The van der Waals surface area contributed by atoms with Gasteiger partial charge in [-0.05, 0) is 33.3 Å². The summed E-state index contributed by atoms with van der Waals surface area (Å²) in [5.74, 6) is 1.79. The van der Waals surface area contributed by atoms with E-state index in [1.807, 2.05) is 11.3 Å². The minimum Gasteiger partial charge on any atom is -0.278 e. The number of carbonyl (C=O) groups is 1. The van der Waals surface area contributed by atoms with Crippen LogP contribution in [0.15, 0.2) is 15.9 Å². The van der Waals surface area contributed by atoms with Crippen molar-refractivity contribution in [3.63, 3.8) is 0 Å². The van der Waals surface area contributed by atoms with Gasteiger partial charge in [0.15, 0.2) is 0 Å². The van der Waals surface area contributed by atoms with E-state index in [4.69, 9.17) is 6.42 Å². The second-order valence-electron chi connectivity index (χ2n) is 1.57. The van der Waals surface area contributed by atoms with Gasteiger partial charge < -0.3 is 0 Å². The van der Waals surface area contributed by atoms with E-state index >= 15 is 0 Å². The van der Waals surface area contributed by atoms with Gasteiger partial charge in [-0.2, -0.15) is 0 Å². The van der Waals surface area contributed by atoms with Crippen LogP contribution >= 0.6 is 27.3 Å². The lowest BCUT2D eigenvalue weighted by Crippen LogP contribution is -1.89. The van der Waals surface area contributed by atoms with E-state index in [9.17, 15) is 4.79 Å². The quantitative estimate of drug-likeness (QED) is 0.399. The van der Waals surface area contributed by atoms with Gasteiger partial charge in [-0.25, -0.2) is 0 Å². The first-order chi connectivity index (χ1) is 4.75. The molecule has 1 aromatic heterocycles. The molecule has 3 heteroatoms. The number of halogens is 1. The lowest BCUT2D eigenvalue weighted by molar-refractivity contribution is 0.105. The van der Waals surface area contributed by atoms with Crippen LogP contribution in [0, 0.1) is 12.3 Å². The second-order valence-corrected chi connectivity index (χ2v) is 3.34. The molecule has 0 aliphatic carbocycles. The van der Waals surface area contributed by atoms with E-state index in [1.165, 1.54) is 11.3 Å². The van der Waals surface area contributed by atoms with E-state index in [-0.39, 0.29) is 5.78 Å². The minimum absolute atomic E-state index is 0.262. The van der Waals surface area contributed by atoms with E-state index in [1.54, 1.807) is 6.07 Å². The molecular weight excluding hydrogens is 212 g/mol. The number of thiophene rings is 1. The summed E-state index contributed by atoms with van der Waals surface area (Å²) in [6.07, 6.45) is 4.92. The molecule has 50 valence electrons. The highest BCUT2D eigenvalue weighted by Crippen LogP contribution is 2.22. The molecule has 10 heavy (non-hydrogen) atoms. The SMILES string of the molecule is C#CC(=O)c1sccc1Br. The highest BCUT2D eigenvalue weighted by Gasteiger charge is 2.07. The molecule has 0 amide bonds. The zero-order chi connectivity index (χ0) is 7.56. The molecule has 1 rings (SSSR count). The average Bonchev–Trinajstić information content (AvgIpc) is 2.34. The van der Waals surface area contributed by atoms with Gasteiger partial charge in [0.05, 0.1) is 4.88 Å². The molecule has 0 saturated carbocycles. The maximum atomic E-state index is 10.8. The largest absolute Gasteiger partial charge is 0.278 e. The first-order valence-corrected chi connectivity index (χ1v) is 4.17. The molecule has 0 bridgehead atoms. The summed E-state index contributed by atoms with van der Waals surface area (Å²) in [4.78, 5) is 11.4. The summed E-state index contributed by atoms with van der Waals surface area (Å²) in [5.41, 5.74) is 0. The summed E-state index contributed by atoms with van der Waals surface area (Å²) in [5, 5.41) is 1.81. The van der Waals surface area contributed by atoms with Crippen molar-refractivity contribution in [3.8, 4) is 12.3 Å². The van der Waals surface area contributed by atoms with Gasteiger partial charge in [-0.3, -0.25) is 4.79 Å². The summed E-state index contributed by atoms with van der Waals surface area (Å²) in [7, 11) is 0. The van der Waals surface area contributed by atoms with Gasteiger partial charge in [0.25, 0.3) is 0 Å². The molecule has 0 N–H and O–H groups in total. The Labute approximate surface area is 71.2 Å². The molecule has 0 spiro atoms. The Hall–Kier alpha value is -0.590. The van der Waals surface area contributed by atoms with Crippen molar-refractivity contribution in [1.82, 2.24) is 0 Å².